The lowest BCUT2D eigenvalue weighted by Gasteiger charge is -2.16. The molecule has 3 N–H and O–H groups in total. The molecule has 1 saturated carbocycles. The highest BCUT2D eigenvalue weighted by molar-refractivity contribution is 5.90. The Bertz CT molecular complexity index is 690. The van der Waals surface area contributed by atoms with E-state index in [-0.39, 0.29) is 18.1 Å². The first-order chi connectivity index (χ1) is 12.2. The summed E-state index contributed by atoms with van der Waals surface area (Å²) in [5.74, 6) is 0.944. The van der Waals surface area contributed by atoms with E-state index >= 15 is 0 Å². The van der Waals surface area contributed by atoms with Gasteiger partial charge in [0.2, 0.25) is 0 Å². The third-order valence-corrected chi connectivity index (χ3v) is 4.55. The van der Waals surface area contributed by atoms with Gasteiger partial charge in [-0.3, -0.25) is 0 Å². The Kier molecular flexibility index (Phi) is 5.90. The predicted octanol–water partition coefficient (Wildman–Crippen LogP) is 3.55. The summed E-state index contributed by atoms with van der Waals surface area (Å²) in [6.45, 7) is 0.873. The number of para-hydroxylation sites is 2. The Morgan fingerprint density at radius 3 is 2.60 bits per heavy atom. The molecule has 5 heteroatoms. The molecule has 2 atom stereocenters. The smallest absolute Gasteiger partial charge is 0.319 e. The van der Waals surface area contributed by atoms with Crippen LogP contribution >= 0.6 is 0 Å². The highest BCUT2D eigenvalue weighted by Gasteiger charge is 2.25. The van der Waals surface area contributed by atoms with Crippen LogP contribution in [0.5, 0.6) is 5.75 Å². The number of hydrogen-bond donors (Lipinski definition) is 3. The maximum absolute atomic E-state index is 12.2. The topological polar surface area (TPSA) is 70.6 Å². The minimum Gasteiger partial charge on any atom is -0.489 e. The second-order valence-corrected chi connectivity index (χ2v) is 6.35. The molecule has 5 nitrogen and oxygen atoms in total. The van der Waals surface area contributed by atoms with Gasteiger partial charge in [-0.15, -0.1) is 0 Å². The molecule has 0 bridgehead atoms. The molecular weight excluding hydrogens is 316 g/mol. The van der Waals surface area contributed by atoms with Crippen molar-refractivity contribution < 1.29 is 14.6 Å². The number of nitrogens with one attached hydrogen (secondary N) is 2. The molecule has 0 heterocycles. The van der Waals surface area contributed by atoms with E-state index < -0.39 is 0 Å². The summed E-state index contributed by atoms with van der Waals surface area (Å²) in [6, 6.07) is 16.9. The van der Waals surface area contributed by atoms with Crippen LogP contribution in [-0.4, -0.2) is 23.8 Å². The summed E-state index contributed by atoms with van der Waals surface area (Å²) in [7, 11) is 0. The van der Waals surface area contributed by atoms with Crippen LogP contribution in [-0.2, 0) is 6.61 Å². The van der Waals surface area contributed by atoms with Gasteiger partial charge in [-0.05, 0) is 31.0 Å². The average molecular weight is 340 g/mol. The van der Waals surface area contributed by atoms with Gasteiger partial charge in [0, 0.05) is 23.7 Å². The maximum atomic E-state index is 12.2. The van der Waals surface area contributed by atoms with Gasteiger partial charge in [-0.1, -0.05) is 42.8 Å². The molecule has 25 heavy (non-hydrogen) atoms. The number of aliphatic hydroxyl groups is 1. The first kappa shape index (κ1) is 17.3. The van der Waals surface area contributed by atoms with Crippen LogP contribution in [0, 0.1) is 5.92 Å². The van der Waals surface area contributed by atoms with Crippen molar-refractivity contribution >= 4 is 11.7 Å². The van der Waals surface area contributed by atoms with Crippen molar-refractivity contribution in [2.45, 2.75) is 32.0 Å². The van der Waals surface area contributed by atoms with E-state index in [9.17, 15) is 9.90 Å². The largest absolute Gasteiger partial charge is 0.489 e. The van der Waals surface area contributed by atoms with Gasteiger partial charge < -0.3 is 20.5 Å². The zero-order chi connectivity index (χ0) is 17.5. The van der Waals surface area contributed by atoms with Crippen LogP contribution in [0.1, 0.15) is 24.8 Å². The van der Waals surface area contributed by atoms with Crippen molar-refractivity contribution in [1.82, 2.24) is 5.32 Å². The van der Waals surface area contributed by atoms with Gasteiger partial charge in [0.05, 0.1) is 6.10 Å². The number of amides is 2. The highest BCUT2D eigenvalue weighted by Crippen LogP contribution is 2.24. The van der Waals surface area contributed by atoms with Crippen LogP contribution in [0.15, 0.2) is 54.6 Å². The molecule has 0 radical (unpaired) electrons. The Morgan fingerprint density at radius 2 is 1.84 bits per heavy atom. The highest BCUT2D eigenvalue weighted by atomic mass is 16.5. The standard InChI is InChI=1S/C20H24N2O3/c23-19-12-6-8-15(19)13-21-20(24)22-18-11-5-4-7-16(18)14-25-17-9-2-1-3-10-17/h1-5,7,9-11,15,19,23H,6,8,12-14H2,(H2,21,22,24)/t15-,19-/m0/s1. The first-order valence-corrected chi connectivity index (χ1v) is 8.71. The monoisotopic (exact) mass is 340 g/mol. The molecule has 0 saturated heterocycles. The second-order valence-electron chi connectivity index (χ2n) is 6.35. The van der Waals surface area contributed by atoms with Gasteiger partial charge >= 0.3 is 6.03 Å². The van der Waals surface area contributed by atoms with Crippen LogP contribution in [0.2, 0.25) is 0 Å². The number of carbonyl (C=O) groups excluding carboxylic acids is 1. The Balaban J connectivity index is 1.54. The molecule has 2 aromatic carbocycles. The Hall–Kier alpha value is -2.53. The van der Waals surface area contributed by atoms with Crippen LogP contribution < -0.4 is 15.4 Å². The molecular formula is C20H24N2O3. The number of hydrogen-bond acceptors (Lipinski definition) is 3. The van der Waals surface area contributed by atoms with Gasteiger partial charge in [-0.25, -0.2) is 4.79 Å². The van der Waals surface area contributed by atoms with Crippen molar-refractivity contribution in [1.29, 1.82) is 0 Å². The van der Waals surface area contributed by atoms with E-state index in [2.05, 4.69) is 10.6 Å². The maximum Gasteiger partial charge on any atom is 0.319 e. The van der Waals surface area contributed by atoms with Crippen LogP contribution in [0.3, 0.4) is 0 Å². The van der Waals surface area contributed by atoms with Gasteiger partial charge in [-0.2, -0.15) is 0 Å². The van der Waals surface area contributed by atoms with Gasteiger partial charge in [0.15, 0.2) is 0 Å². The molecule has 0 aromatic heterocycles. The third kappa shape index (κ3) is 4.97. The van der Waals surface area contributed by atoms with Gasteiger partial charge in [0.25, 0.3) is 0 Å². The van der Waals surface area contributed by atoms with Crippen molar-refractivity contribution in [2.75, 3.05) is 11.9 Å². The molecule has 0 aliphatic heterocycles. The quantitative estimate of drug-likeness (QED) is 0.753. The van der Waals surface area contributed by atoms with Crippen molar-refractivity contribution in [3.05, 3.63) is 60.2 Å². The van der Waals surface area contributed by atoms with Crippen LogP contribution in [0.25, 0.3) is 0 Å². The number of anilines is 1. The molecule has 1 aliphatic rings. The minimum atomic E-state index is -0.299. The lowest BCUT2D eigenvalue weighted by molar-refractivity contribution is 0.133. The number of rotatable bonds is 6. The van der Waals surface area contributed by atoms with E-state index in [0.29, 0.717) is 13.2 Å². The van der Waals surface area contributed by atoms with Crippen molar-refractivity contribution in [3.63, 3.8) is 0 Å². The molecule has 3 rings (SSSR count). The number of carbonyl (C=O) groups is 1. The first-order valence-electron chi connectivity index (χ1n) is 8.71. The molecule has 1 fully saturated rings. The lowest BCUT2D eigenvalue weighted by atomic mass is 10.1. The summed E-state index contributed by atoms with van der Waals surface area (Å²) >= 11 is 0. The molecule has 0 spiro atoms. The summed E-state index contributed by atoms with van der Waals surface area (Å²) in [6.07, 6.45) is 2.51. The van der Waals surface area contributed by atoms with E-state index in [1.807, 2.05) is 54.6 Å². The fraction of sp³-hybridized carbons (Fsp3) is 0.350. The van der Waals surface area contributed by atoms with Crippen molar-refractivity contribution in [3.8, 4) is 5.75 Å². The average Bonchev–Trinajstić information content (AvgIpc) is 3.05. The Labute approximate surface area is 148 Å². The predicted molar refractivity (Wildman–Crippen MR) is 97.6 cm³/mol. The third-order valence-electron chi connectivity index (χ3n) is 4.55. The van der Waals surface area contributed by atoms with Crippen molar-refractivity contribution in [2.24, 2.45) is 5.92 Å². The fourth-order valence-corrected chi connectivity index (χ4v) is 3.09. The molecule has 2 aromatic rings. The lowest BCUT2D eigenvalue weighted by Crippen LogP contribution is -2.35. The normalized spacial score (nSPS) is 19.4. The second kappa shape index (κ2) is 8.53. The summed E-state index contributed by atoms with van der Waals surface area (Å²) in [5, 5.41) is 15.6. The minimum absolute atomic E-state index is 0.155. The van der Waals surface area contributed by atoms with E-state index in [1.54, 1.807) is 0 Å². The number of aliphatic hydroxyl groups excluding tert-OH is 1. The SMILES string of the molecule is O=C(NC[C@@H]1CCC[C@@H]1O)Nc1ccccc1COc1ccccc1. The number of urea groups is 1. The molecule has 132 valence electrons. The van der Waals surface area contributed by atoms with Gasteiger partial charge in [0.1, 0.15) is 12.4 Å². The molecule has 0 unspecified atom stereocenters. The Morgan fingerprint density at radius 1 is 1.08 bits per heavy atom. The fourth-order valence-electron chi connectivity index (χ4n) is 3.09. The molecule has 1 aliphatic carbocycles. The van der Waals surface area contributed by atoms with Crippen LogP contribution in [0.4, 0.5) is 10.5 Å². The summed E-state index contributed by atoms with van der Waals surface area (Å²) in [5.41, 5.74) is 1.63. The van der Waals surface area contributed by atoms with E-state index in [0.717, 1.165) is 36.3 Å². The zero-order valence-electron chi connectivity index (χ0n) is 14.2. The zero-order valence-corrected chi connectivity index (χ0v) is 14.2. The number of ether oxygens (including phenoxy) is 1. The summed E-state index contributed by atoms with van der Waals surface area (Å²) in [4.78, 5) is 12.2. The summed E-state index contributed by atoms with van der Waals surface area (Å²) < 4.78 is 5.76. The molecule has 2 amide bonds. The van der Waals surface area contributed by atoms with E-state index in [4.69, 9.17) is 4.74 Å². The number of benzene rings is 2. The van der Waals surface area contributed by atoms with E-state index in [1.165, 1.54) is 0 Å².